The lowest BCUT2D eigenvalue weighted by Gasteiger charge is -2.09. The Balaban J connectivity index is 1.96. The molecule has 0 amide bonds. The molecule has 2 heterocycles. The molecule has 0 radical (unpaired) electrons. The predicted molar refractivity (Wildman–Crippen MR) is 91.3 cm³/mol. The summed E-state index contributed by atoms with van der Waals surface area (Å²) >= 11 is 1.73. The lowest BCUT2D eigenvalue weighted by Crippen LogP contribution is -1.95. The second-order valence-corrected chi connectivity index (χ2v) is 5.81. The first kappa shape index (κ1) is 12.2. The average molecular weight is 291 g/mol. The maximum Gasteiger partial charge on any atom is 0.139 e. The largest absolute Gasteiger partial charge is 0.399 e. The van der Waals surface area contributed by atoms with E-state index in [0.717, 1.165) is 33.5 Å². The number of para-hydroxylation sites is 1. The van der Waals surface area contributed by atoms with Crippen molar-refractivity contribution in [3.63, 3.8) is 0 Å². The monoisotopic (exact) mass is 291 g/mol. The van der Waals surface area contributed by atoms with Crippen LogP contribution in [0.15, 0.2) is 60.0 Å². The number of hydrogen-bond donors (Lipinski definition) is 2. The quantitative estimate of drug-likeness (QED) is 0.523. The Kier molecular flexibility index (Phi) is 2.75. The topological polar surface area (TPSA) is 50.9 Å². The fourth-order valence-electron chi connectivity index (χ4n) is 2.47. The summed E-state index contributed by atoms with van der Waals surface area (Å²) < 4.78 is 1.23. The van der Waals surface area contributed by atoms with Gasteiger partial charge in [-0.15, -0.1) is 11.3 Å². The lowest BCUT2D eigenvalue weighted by molar-refractivity contribution is 1.40. The first-order chi connectivity index (χ1) is 10.3. The fraction of sp³-hybridized carbons (Fsp3) is 0. The van der Waals surface area contributed by atoms with E-state index in [2.05, 4.69) is 16.8 Å². The van der Waals surface area contributed by atoms with Gasteiger partial charge in [0, 0.05) is 26.8 Å². The van der Waals surface area contributed by atoms with Gasteiger partial charge in [0.1, 0.15) is 5.82 Å². The molecule has 3 nitrogen and oxygen atoms in total. The molecule has 0 atom stereocenters. The molecule has 0 unspecified atom stereocenters. The van der Waals surface area contributed by atoms with Gasteiger partial charge in [0.2, 0.25) is 0 Å². The summed E-state index contributed by atoms with van der Waals surface area (Å²) in [5.74, 6) is 0.871. The van der Waals surface area contributed by atoms with E-state index in [9.17, 15) is 0 Å². The zero-order chi connectivity index (χ0) is 14.2. The van der Waals surface area contributed by atoms with Crippen molar-refractivity contribution in [1.82, 2.24) is 4.98 Å². The Bertz CT molecular complexity index is 929. The third kappa shape index (κ3) is 2.10. The summed E-state index contributed by atoms with van der Waals surface area (Å²) in [5.41, 5.74) is 8.57. The van der Waals surface area contributed by atoms with E-state index in [1.54, 1.807) is 11.3 Å². The normalized spacial score (nSPS) is 11.0. The van der Waals surface area contributed by atoms with Crippen LogP contribution in [-0.4, -0.2) is 4.98 Å². The number of fused-ring (bicyclic) bond motifs is 3. The van der Waals surface area contributed by atoms with E-state index >= 15 is 0 Å². The molecule has 4 heteroatoms. The van der Waals surface area contributed by atoms with E-state index in [1.807, 2.05) is 48.5 Å². The second kappa shape index (κ2) is 4.75. The van der Waals surface area contributed by atoms with Crippen LogP contribution in [0.1, 0.15) is 0 Å². The van der Waals surface area contributed by atoms with Crippen LogP contribution in [0.3, 0.4) is 0 Å². The number of thiophene rings is 1. The molecule has 0 saturated heterocycles. The van der Waals surface area contributed by atoms with Crippen molar-refractivity contribution in [2.45, 2.75) is 0 Å². The van der Waals surface area contributed by atoms with Crippen molar-refractivity contribution in [2.75, 3.05) is 11.1 Å². The fourth-order valence-corrected chi connectivity index (χ4v) is 3.40. The molecule has 0 bridgehead atoms. The van der Waals surface area contributed by atoms with Gasteiger partial charge in [-0.3, -0.25) is 0 Å². The molecule has 0 saturated carbocycles. The number of aromatic nitrogens is 1. The zero-order valence-corrected chi connectivity index (χ0v) is 12.0. The first-order valence-corrected chi connectivity index (χ1v) is 7.58. The minimum Gasteiger partial charge on any atom is -0.399 e. The van der Waals surface area contributed by atoms with Crippen LogP contribution in [0.5, 0.6) is 0 Å². The summed E-state index contributed by atoms with van der Waals surface area (Å²) in [6.07, 6.45) is 0. The molecule has 3 N–H and O–H groups in total. The van der Waals surface area contributed by atoms with Gasteiger partial charge in [0.25, 0.3) is 0 Å². The van der Waals surface area contributed by atoms with Gasteiger partial charge in [-0.1, -0.05) is 18.2 Å². The molecule has 0 spiro atoms. The molecule has 0 aliphatic carbocycles. The first-order valence-electron chi connectivity index (χ1n) is 6.70. The van der Waals surface area contributed by atoms with Crippen LogP contribution >= 0.6 is 11.3 Å². The van der Waals surface area contributed by atoms with E-state index in [0.29, 0.717) is 0 Å². The predicted octanol–water partition coefficient (Wildman–Crippen LogP) is 4.78. The highest BCUT2D eigenvalue weighted by Crippen LogP contribution is 2.35. The molecular formula is C17H13N3S. The van der Waals surface area contributed by atoms with Crippen LogP contribution in [0, 0.1) is 0 Å². The number of anilines is 3. The summed E-state index contributed by atoms with van der Waals surface area (Å²) in [6, 6.07) is 18.1. The Morgan fingerprint density at radius 1 is 0.952 bits per heavy atom. The third-order valence-corrected chi connectivity index (χ3v) is 4.40. The summed E-state index contributed by atoms with van der Waals surface area (Å²) in [6.45, 7) is 0. The van der Waals surface area contributed by atoms with Crippen LogP contribution in [0.25, 0.3) is 21.0 Å². The van der Waals surface area contributed by atoms with Gasteiger partial charge < -0.3 is 11.1 Å². The van der Waals surface area contributed by atoms with Crippen molar-refractivity contribution in [3.8, 4) is 0 Å². The van der Waals surface area contributed by atoms with Gasteiger partial charge >= 0.3 is 0 Å². The highest BCUT2D eigenvalue weighted by atomic mass is 32.1. The van der Waals surface area contributed by atoms with Gasteiger partial charge in [-0.2, -0.15) is 0 Å². The van der Waals surface area contributed by atoms with Crippen LogP contribution < -0.4 is 11.1 Å². The third-order valence-electron chi connectivity index (χ3n) is 3.46. The minimum atomic E-state index is 0.733. The molecule has 2 aromatic heterocycles. The van der Waals surface area contributed by atoms with Gasteiger partial charge in [-0.25, -0.2) is 4.98 Å². The molecule has 4 rings (SSSR count). The number of pyridine rings is 1. The van der Waals surface area contributed by atoms with Crippen LogP contribution in [0.2, 0.25) is 0 Å². The number of nitrogen functional groups attached to an aromatic ring is 1. The van der Waals surface area contributed by atoms with E-state index < -0.39 is 0 Å². The van der Waals surface area contributed by atoms with E-state index in [4.69, 9.17) is 10.7 Å². The SMILES string of the molecule is Nc1ccc2c(c1)nc(Nc1ccccc1)c1ccsc12. The zero-order valence-electron chi connectivity index (χ0n) is 11.2. The standard InChI is InChI=1S/C17H13N3S/c18-11-6-7-13-15(10-11)20-17(14-8-9-21-16(13)14)19-12-4-2-1-3-5-12/h1-10H,18H2,(H,19,20). The number of nitrogens with one attached hydrogen (secondary N) is 1. The number of benzene rings is 2. The highest BCUT2D eigenvalue weighted by molar-refractivity contribution is 7.18. The van der Waals surface area contributed by atoms with E-state index in [1.165, 1.54) is 4.70 Å². The van der Waals surface area contributed by atoms with Gasteiger partial charge in [-0.05, 0) is 41.8 Å². The average Bonchev–Trinajstić information content (AvgIpc) is 2.98. The summed E-state index contributed by atoms with van der Waals surface area (Å²) in [4.78, 5) is 4.75. The molecule has 102 valence electrons. The van der Waals surface area contributed by atoms with Crippen LogP contribution in [-0.2, 0) is 0 Å². The van der Waals surface area contributed by atoms with Gasteiger partial charge in [0.05, 0.1) is 5.52 Å². The second-order valence-electron chi connectivity index (χ2n) is 4.89. The number of nitrogens with zero attached hydrogens (tertiary/aromatic N) is 1. The molecule has 21 heavy (non-hydrogen) atoms. The maximum absolute atomic E-state index is 5.89. The number of nitrogens with two attached hydrogens (primary N) is 1. The van der Waals surface area contributed by atoms with Crippen LogP contribution in [0.4, 0.5) is 17.2 Å². The van der Waals surface area contributed by atoms with E-state index in [-0.39, 0.29) is 0 Å². The molecule has 0 fully saturated rings. The number of rotatable bonds is 2. The Morgan fingerprint density at radius 2 is 1.81 bits per heavy atom. The molecular weight excluding hydrogens is 278 g/mol. The summed E-state index contributed by atoms with van der Waals surface area (Å²) in [5, 5.41) is 7.78. The summed E-state index contributed by atoms with van der Waals surface area (Å²) in [7, 11) is 0. The van der Waals surface area contributed by atoms with Crippen molar-refractivity contribution >= 4 is 49.5 Å². The minimum absolute atomic E-state index is 0.733. The molecule has 4 aromatic rings. The molecule has 0 aliphatic rings. The Morgan fingerprint density at radius 3 is 2.67 bits per heavy atom. The lowest BCUT2D eigenvalue weighted by atomic mass is 10.1. The van der Waals surface area contributed by atoms with Crippen molar-refractivity contribution in [2.24, 2.45) is 0 Å². The maximum atomic E-state index is 5.89. The smallest absolute Gasteiger partial charge is 0.139 e. The Labute approximate surface area is 126 Å². The van der Waals surface area contributed by atoms with Gasteiger partial charge in [0.15, 0.2) is 0 Å². The molecule has 2 aromatic carbocycles. The Hall–Kier alpha value is -2.59. The highest BCUT2D eigenvalue weighted by Gasteiger charge is 2.10. The number of hydrogen-bond acceptors (Lipinski definition) is 4. The van der Waals surface area contributed by atoms with Crippen molar-refractivity contribution < 1.29 is 0 Å². The van der Waals surface area contributed by atoms with Crippen molar-refractivity contribution in [1.29, 1.82) is 0 Å². The molecule has 0 aliphatic heterocycles. The van der Waals surface area contributed by atoms with Crippen molar-refractivity contribution in [3.05, 3.63) is 60.0 Å².